The molecule has 8 nitrogen and oxygen atoms in total. The standard InChI is InChI=1S/C22H20N4O4S/c27-31(28,17-16-29-19-6-2-1-3-7-19)25-18-8-10-20(11-9-18)30-22-13-12-21(23-24-22)26-14-4-5-15-26/h1-15,25H,16-17H2. The van der Waals surface area contributed by atoms with Gasteiger partial charge in [-0.2, -0.15) is 0 Å². The summed E-state index contributed by atoms with van der Waals surface area (Å²) in [4.78, 5) is 0. The predicted molar refractivity (Wildman–Crippen MR) is 117 cm³/mol. The molecule has 4 rings (SSSR count). The van der Waals surface area contributed by atoms with Crippen molar-refractivity contribution in [2.45, 2.75) is 0 Å². The number of hydrogen-bond acceptors (Lipinski definition) is 6. The molecule has 158 valence electrons. The van der Waals surface area contributed by atoms with Crippen molar-refractivity contribution in [3.8, 4) is 23.2 Å². The Morgan fingerprint density at radius 3 is 2.23 bits per heavy atom. The SMILES string of the molecule is O=S(=O)(CCOc1ccccc1)Nc1ccc(Oc2ccc(-n3cccc3)nn2)cc1. The summed E-state index contributed by atoms with van der Waals surface area (Å²) in [5.74, 6) is 1.99. The number of para-hydroxylation sites is 1. The fourth-order valence-corrected chi connectivity index (χ4v) is 3.62. The van der Waals surface area contributed by atoms with E-state index >= 15 is 0 Å². The van der Waals surface area contributed by atoms with Crippen molar-refractivity contribution in [3.05, 3.63) is 91.3 Å². The maximum atomic E-state index is 12.3. The molecule has 0 aliphatic carbocycles. The van der Waals surface area contributed by atoms with Crippen LogP contribution >= 0.6 is 0 Å². The average molecular weight is 436 g/mol. The normalized spacial score (nSPS) is 11.1. The molecule has 1 N–H and O–H groups in total. The molecule has 9 heteroatoms. The van der Waals surface area contributed by atoms with E-state index in [0.29, 0.717) is 28.9 Å². The molecule has 0 bridgehead atoms. The molecule has 0 saturated carbocycles. The number of nitrogens with zero attached hydrogens (tertiary/aromatic N) is 3. The van der Waals surface area contributed by atoms with E-state index in [4.69, 9.17) is 9.47 Å². The van der Waals surface area contributed by atoms with Crippen molar-refractivity contribution in [1.82, 2.24) is 14.8 Å². The highest BCUT2D eigenvalue weighted by Gasteiger charge is 2.11. The van der Waals surface area contributed by atoms with Gasteiger partial charge in [-0.25, -0.2) is 8.42 Å². The molecule has 31 heavy (non-hydrogen) atoms. The Morgan fingerprint density at radius 2 is 1.55 bits per heavy atom. The summed E-state index contributed by atoms with van der Waals surface area (Å²) in [5, 5.41) is 8.17. The van der Waals surface area contributed by atoms with Gasteiger partial charge < -0.3 is 14.0 Å². The Morgan fingerprint density at radius 1 is 0.806 bits per heavy atom. The van der Waals surface area contributed by atoms with Crippen LogP contribution in [0.4, 0.5) is 5.69 Å². The van der Waals surface area contributed by atoms with Crippen LogP contribution in [0.15, 0.2) is 91.3 Å². The number of ether oxygens (including phenoxy) is 2. The molecule has 0 fully saturated rings. The number of anilines is 1. The molecule has 0 unspecified atom stereocenters. The fourth-order valence-electron chi connectivity index (χ4n) is 2.72. The lowest BCUT2D eigenvalue weighted by Crippen LogP contribution is -2.21. The second-order valence-corrected chi connectivity index (χ2v) is 8.37. The maximum absolute atomic E-state index is 12.3. The van der Waals surface area contributed by atoms with Crippen LogP contribution in [0.3, 0.4) is 0 Å². The molecule has 0 spiro atoms. The maximum Gasteiger partial charge on any atom is 0.238 e. The molecule has 0 radical (unpaired) electrons. The molecule has 4 aromatic rings. The first-order valence-electron chi connectivity index (χ1n) is 9.51. The van der Waals surface area contributed by atoms with Crippen LogP contribution in [0.1, 0.15) is 0 Å². The summed E-state index contributed by atoms with van der Waals surface area (Å²) in [7, 11) is -3.54. The number of benzene rings is 2. The quantitative estimate of drug-likeness (QED) is 0.428. The van der Waals surface area contributed by atoms with Gasteiger partial charge in [0.05, 0.1) is 0 Å². The fraction of sp³-hybridized carbons (Fsp3) is 0.0909. The first kappa shape index (κ1) is 20.4. The minimum absolute atomic E-state index is 0.0538. The number of nitrogens with one attached hydrogen (secondary N) is 1. The number of aromatic nitrogens is 3. The van der Waals surface area contributed by atoms with Gasteiger partial charge in [-0.3, -0.25) is 4.72 Å². The lowest BCUT2D eigenvalue weighted by molar-refractivity contribution is 0.341. The van der Waals surface area contributed by atoms with E-state index in [9.17, 15) is 8.42 Å². The highest BCUT2D eigenvalue weighted by Crippen LogP contribution is 2.22. The van der Waals surface area contributed by atoms with Gasteiger partial charge in [-0.05, 0) is 54.6 Å². The second-order valence-electron chi connectivity index (χ2n) is 6.53. The average Bonchev–Trinajstić information content (AvgIpc) is 3.31. The molecular formula is C22H20N4O4S. The zero-order chi connectivity index (χ0) is 21.5. The van der Waals surface area contributed by atoms with Gasteiger partial charge >= 0.3 is 0 Å². The Kier molecular flexibility index (Phi) is 6.13. The molecule has 0 amide bonds. The zero-order valence-electron chi connectivity index (χ0n) is 16.5. The topological polar surface area (TPSA) is 95.3 Å². The van der Waals surface area contributed by atoms with E-state index in [0.717, 1.165) is 0 Å². The molecule has 0 aliphatic rings. The van der Waals surface area contributed by atoms with Gasteiger partial charge in [0.1, 0.15) is 23.9 Å². The smallest absolute Gasteiger partial charge is 0.238 e. The molecule has 0 saturated heterocycles. The van der Waals surface area contributed by atoms with Gasteiger partial charge in [0.15, 0.2) is 5.82 Å². The summed E-state index contributed by atoms with van der Waals surface area (Å²) in [5.41, 5.74) is 0.432. The summed E-state index contributed by atoms with van der Waals surface area (Å²) < 4.78 is 40.0. The first-order valence-corrected chi connectivity index (χ1v) is 11.2. The Balaban J connectivity index is 1.30. The van der Waals surface area contributed by atoms with Crippen LogP contribution in [0.5, 0.6) is 17.4 Å². The minimum atomic E-state index is -3.54. The van der Waals surface area contributed by atoms with E-state index in [1.807, 2.05) is 47.3 Å². The highest BCUT2D eigenvalue weighted by molar-refractivity contribution is 7.92. The third-order valence-electron chi connectivity index (χ3n) is 4.21. The molecule has 2 heterocycles. The largest absolute Gasteiger partial charge is 0.492 e. The van der Waals surface area contributed by atoms with Crippen molar-refractivity contribution in [3.63, 3.8) is 0 Å². The lowest BCUT2D eigenvalue weighted by atomic mass is 10.3. The van der Waals surface area contributed by atoms with Crippen molar-refractivity contribution in [2.75, 3.05) is 17.1 Å². The summed E-state index contributed by atoms with van der Waals surface area (Å²) in [6.45, 7) is 0.0538. The lowest BCUT2D eigenvalue weighted by Gasteiger charge is -2.10. The van der Waals surface area contributed by atoms with Crippen molar-refractivity contribution in [1.29, 1.82) is 0 Å². The van der Waals surface area contributed by atoms with Crippen molar-refractivity contribution in [2.24, 2.45) is 0 Å². The van der Waals surface area contributed by atoms with Gasteiger partial charge in [0.2, 0.25) is 15.9 Å². The number of hydrogen-bond donors (Lipinski definition) is 1. The summed E-state index contributed by atoms with van der Waals surface area (Å²) in [6, 6.07) is 22.9. The monoisotopic (exact) mass is 436 g/mol. The minimum Gasteiger partial charge on any atom is -0.492 e. The Bertz CT molecular complexity index is 1190. The number of sulfonamides is 1. The summed E-state index contributed by atoms with van der Waals surface area (Å²) >= 11 is 0. The Labute approximate surface area is 180 Å². The van der Waals surface area contributed by atoms with Crippen LogP contribution in [0.2, 0.25) is 0 Å². The molecule has 2 aromatic heterocycles. The van der Waals surface area contributed by atoms with Gasteiger partial charge in [-0.15, -0.1) is 10.2 Å². The molecular weight excluding hydrogens is 416 g/mol. The molecule has 0 aliphatic heterocycles. The van der Waals surface area contributed by atoms with Crippen LogP contribution in [-0.4, -0.2) is 35.5 Å². The van der Waals surface area contributed by atoms with E-state index in [-0.39, 0.29) is 12.4 Å². The predicted octanol–water partition coefficient (Wildman–Crippen LogP) is 3.88. The summed E-state index contributed by atoms with van der Waals surface area (Å²) in [6.07, 6.45) is 3.75. The van der Waals surface area contributed by atoms with Crippen LogP contribution in [0.25, 0.3) is 5.82 Å². The van der Waals surface area contributed by atoms with Gasteiger partial charge in [0.25, 0.3) is 0 Å². The van der Waals surface area contributed by atoms with E-state index in [2.05, 4.69) is 14.9 Å². The molecule has 2 aromatic carbocycles. The van der Waals surface area contributed by atoms with E-state index in [1.54, 1.807) is 48.5 Å². The van der Waals surface area contributed by atoms with Crippen LogP contribution in [-0.2, 0) is 10.0 Å². The van der Waals surface area contributed by atoms with E-state index in [1.165, 1.54) is 0 Å². The molecule has 0 atom stereocenters. The third kappa shape index (κ3) is 5.83. The third-order valence-corrected chi connectivity index (χ3v) is 5.46. The van der Waals surface area contributed by atoms with Gasteiger partial charge in [0, 0.05) is 24.1 Å². The number of rotatable bonds is 9. The Hall–Kier alpha value is -3.85. The van der Waals surface area contributed by atoms with E-state index < -0.39 is 10.0 Å². The van der Waals surface area contributed by atoms with Crippen molar-refractivity contribution < 1.29 is 17.9 Å². The van der Waals surface area contributed by atoms with Crippen LogP contribution in [0, 0.1) is 0 Å². The zero-order valence-corrected chi connectivity index (χ0v) is 17.3. The van der Waals surface area contributed by atoms with Crippen LogP contribution < -0.4 is 14.2 Å². The van der Waals surface area contributed by atoms with Crippen molar-refractivity contribution >= 4 is 15.7 Å². The first-order chi connectivity index (χ1) is 15.1. The van der Waals surface area contributed by atoms with Gasteiger partial charge in [-0.1, -0.05) is 18.2 Å². The second kappa shape index (κ2) is 9.31. The highest BCUT2D eigenvalue weighted by atomic mass is 32.2.